The molecule has 0 unspecified atom stereocenters. The van der Waals surface area contributed by atoms with Gasteiger partial charge in [-0.05, 0) is 18.4 Å². The highest BCUT2D eigenvalue weighted by molar-refractivity contribution is 5.92. The molecule has 2 rings (SSSR count). The first-order valence-corrected chi connectivity index (χ1v) is 5.75. The van der Waals surface area contributed by atoms with Crippen LogP contribution in [-0.4, -0.2) is 27.0 Å². The van der Waals surface area contributed by atoms with Crippen molar-refractivity contribution in [3.63, 3.8) is 0 Å². The van der Waals surface area contributed by atoms with Crippen LogP contribution in [0.25, 0.3) is 5.65 Å². The van der Waals surface area contributed by atoms with Crippen LogP contribution < -0.4 is 5.32 Å². The normalized spacial score (nSPS) is 11.0. The Kier molecular flexibility index (Phi) is 3.37. The molecule has 0 aromatic carbocycles. The van der Waals surface area contributed by atoms with Crippen molar-refractivity contribution in [3.8, 4) is 0 Å². The van der Waals surface area contributed by atoms with E-state index in [9.17, 15) is 4.79 Å². The lowest BCUT2D eigenvalue weighted by atomic mass is 10.1. The van der Waals surface area contributed by atoms with Crippen molar-refractivity contribution in [1.29, 1.82) is 0 Å². The van der Waals surface area contributed by atoms with Gasteiger partial charge in [-0.25, -0.2) is 9.50 Å². The minimum Gasteiger partial charge on any atom is -0.351 e. The van der Waals surface area contributed by atoms with Crippen LogP contribution in [0.4, 0.5) is 0 Å². The molecule has 90 valence electrons. The highest BCUT2D eigenvalue weighted by atomic mass is 16.1. The summed E-state index contributed by atoms with van der Waals surface area (Å²) in [7, 11) is 0. The molecule has 0 aliphatic heterocycles. The van der Waals surface area contributed by atoms with Crippen molar-refractivity contribution in [2.24, 2.45) is 5.92 Å². The second-order valence-electron chi connectivity index (χ2n) is 4.37. The number of hydrogen-bond donors (Lipinski definition) is 1. The van der Waals surface area contributed by atoms with Gasteiger partial charge in [0.05, 0.1) is 6.20 Å². The molecule has 2 heterocycles. The molecule has 0 bridgehead atoms. The van der Waals surface area contributed by atoms with Gasteiger partial charge in [0.2, 0.25) is 0 Å². The molecule has 1 amide bonds. The summed E-state index contributed by atoms with van der Waals surface area (Å²) in [6, 6.07) is 3.44. The first-order valence-electron chi connectivity index (χ1n) is 5.75. The molecule has 0 aliphatic rings. The highest BCUT2D eigenvalue weighted by Crippen LogP contribution is 2.03. The number of aromatic nitrogens is 3. The standard InChI is InChI=1S/C12H16N4O/c1-9(2)3-6-14-12(17)10-4-7-13-11-5-8-15-16(10)11/h4-5,7-9H,3,6H2,1-2H3,(H,14,17). The van der Waals surface area contributed by atoms with Gasteiger partial charge in [0, 0.05) is 18.8 Å². The van der Waals surface area contributed by atoms with Crippen LogP contribution in [0.2, 0.25) is 0 Å². The molecule has 2 aromatic rings. The van der Waals surface area contributed by atoms with Crippen LogP contribution in [0.15, 0.2) is 24.5 Å². The molecule has 0 saturated heterocycles. The van der Waals surface area contributed by atoms with Crippen LogP contribution >= 0.6 is 0 Å². The van der Waals surface area contributed by atoms with E-state index < -0.39 is 0 Å². The molecule has 0 saturated carbocycles. The van der Waals surface area contributed by atoms with E-state index in [4.69, 9.17) is 0 Å². The Bertz CT molecular complexity index is 518. The Morgan fingerprint density at radius 3 is 3.00 bits per heavy atom. The number of amides is 1. The fourth-order valence-corrected chi connectivity index (χ4v) is 1.57. The number of rotatable bonds is 4. The van der Waals surface area contributed by atoms with Crippen LogP contribution in [-0.2, 0) is 0 Å². The summed E-state index contributed by atoms with van der Waals surface area (Å²) < 4.78 is 1.55. The topological polar surface area (TPSA) is 59.3 Å². The summed E-state index contributed by atoms with van der Waals surface area (Å²) >= 11 is 0. The van der Waals surface area contributed by atoms with Gasteiger partial charge < -0.3 is 5.32 Å². The summed E-state index contributed by atoms with van der Waals surface area (Å²) in [4.78, 5) is 16.1. The molecule has 5 nitrogen and oxygen atoms in total. The Morgan fingerprint density at radius 2 is 2.24 bits per heavy atom. The van der Waals surface area contributed by atoms with Gasteiger partial charge in [0.1, 0.15) is 5.69 Å². The third-order valence-corrected chi connectivity index (χ3v) is 2.53. The molecule has 1 N–H and O–H groups in total. The van der Waals surface area contributed by atoms with Gasteiger partial charge in [-0.2, -0.15) is 5.10 Å². The Labute approximate surface area is 99.9 Å². The van der Waals surface area contributed by atoms with Crippen LogP contribution in [0, 0.1) is 5.92 Å². The summed E-state index contributed by atoms with van der Waals surface area (Å²) in [5, 5.41) is 6.96. The van der Waals surface area contributed by atoms with Crippen molar-refractivity contribution in [3.05, 3.63) is 30.2 Å². The van der Waals surface area contributed by atoms with E-state index in [0.717, 1.165) is 6.42 Å². The number of fused-ring (bicyclic) bond motifs is 1. The average Bonchev–Trinajstić information content (AvgIpc) is 2.75. The van der Waals surface area contributed by atoms with E-state index in [1.807, 2.05) is 0 Å². The van der Waals surface area contributed by atoms with Crippen LogP contribution in [0.5, 0.6) is 0 Å². The zero-order valence-corrected chi connectivity index (χ0v) is 10.1. The van der Waals surface area contributed by atoms with E-state index in [-0.39, 0.29) is 5.91 Å². The molecule has 17 heavy (non-hydrogen) atoms. The third-order valence-electron chi connectivity index (χ3n) is 2.53. The number of carbonyl (C=O) groups is 1. The van der Waals surface area contributed by atoms with Gasteiger partial charge >= 0.3 is 0 Å². The molecular weight excluding hydrogens is 216 g/mol. The maximum Gasteiger partial charge on any atom is 0.270 e. The lowest BCUT2D eigenvalue weighted by molar-refractivity contribution is 0.0944. The average molecular weight is 232 g/mol. The number of carbonyl (C=O) groups excluding carboxylic acids is 1. The third kappa shape index (κ3) is 2.61. The van der Waals surface area contributed by atoms with Gasteiger partial charge in [0.25, 0.3) is 5.91 Å². The van der Waals surface area contributed by atoms with Crippen molar-refractivity contribution in [2.75, 3.05) is 6.54 Å². The first kappa shape index (κ1) is 11.6. The lowest BCUT2D eigenvalue weighted by Crippen LogP contribution is -2.27. The van der Waals surface area contributed by atoms with Crippen LogP contribution in [0.1, 0.15) is 30.8 Å². The molecule has 5 heteroatoms. The molecular formula is C12H16N4O. The van der Waals surface area contributed by atoms with Crippen molar-refractivity contribution >= 4 is 11.6 Å². The van der Waals surface area contributed by atoms with Gasteiger partial charge in [0.15, 0.2) is 5.65 Å². The quantitative estimate of drug-likeness (QED) is 0.869. The summed E-state index contributed by atoms with van der Waals surface area (Å²) in [6.45, 7) is 4.94. The monoisotopic (exact) mass is 232 g/mol. The fraction of sp³-hybridized carbons (Fsp3) is 0.417. The lowest BCUT2D eigenvalue weighted by Gasteiger charge is -2.07. The Hall–Kier alpha value is -1.91. The van der Waals surface area contributed by atoms with Crippen molar-refractivity contribution in [2.45, 2.75) is 20.3 Å². The van der Waals surface area contributed by atoms with E-state index >= 15 is 0 Å². The molecule has 0 atom stereocenters. The van der Waals surface area contributed by atoms with Gasteiger partial charge in [-0.1, -0.05) is 13.8 Å². The van der Waals surface area contributed by atoms with Crippen molar-refractivity contribution in [1.82, 2.24) is 19.9 Å². The maximum absolute atomic E-state index is 11.9. The Morgan fingerprint density at radius 1 is 1.41 bits per heavy atom. The number of nitrogens with one attached hydrogen (secondary N) is 1. The predicted molar refractivity (Wildman–Crippen MR) is 64.8 cm³/mol. The van der Waals surface area contributed by atoms with E-state index in [2.05, 4.69) is 29.2 Å². The summed E-state index contributed by atoms with van der Waals surface area (Å²) in [5.41, 5.74) is 1.20. The molecule has 0 radical (unpaired) electrons. The fourth-order valence-electron chi connectivity index (χ4n) is 1.57. The first-order chi connectivity index (χ1) is 8.18. The van der Waals surface area contributed by atoms with Gasteiger partial charge in [-0.15, -0.1) is 0 Å². The summed E-state index contributed by atoms with van der Waals surface area (Å²) in [6.07, 6.45) is 4.22. The minimum absolute atomic E-state index is 0.109. The molecule has 0 fully saturated rings. The number of nitrogens with zero attached hydrogens (tertiary/aromatic N) is 3. The van der Waals surface area contributed by atoms with Crippen molar-refractivity contribution < 1.29 is 4.79 Å². The van der Waals surface area contributed by atoms with E-state index in [1.54, 1.807) is 29.0 Å². The predicted octanol–water partition coefficient (Wildman–Crippen LogP) is 1.51. The minimum atomic E-state index is -0.109. The maximum atomic E-state index is 11.9. The highest BCUT2D eigenvalue weighted by Gasteiger charge is 2.10. The molecule has 0 aliphatic carbocycles. The van der Waals surface area contributed by atoms with E-state index in [0.29, 0.717) is 23.8 Å². The molecule has 0 spiro atoms. The SMILES string of the molecule is CC(C)CCNC(=O)c1ccnc2ccnn12. The van der Waals surface area contributed by atoms with Gasteiger partial charge in [-0.3, -0.25) is 4.79 Å². The van der Waals surface area contributed by atoms with E-state index in [1.165, 1.54) is 0 Å². The second kappa shape index (κ2) is 4.95. The Balaban J connectivity index is 2.11. The summed E-state index contributed by atoms with van der Waals surface area (Å²) in [5.74, 6) is 0.471. The van der Waals surface area contributed by atoms with Crippen LogP contribution in [0.3, 0.4) is 0 Å². The largest absolute Gasteiger partial charge is 0.351 e. The zero-order chi connectivity index (χ0) is 12.3. The smallest absolute Gasteiger partial charge is 0.270 e. The second-order valence-corrected chi connectivity index (χ2v) is 4.37. The molecule has 2 aromatic heterocycles. The zero-order valence-electron chi connectivity index (χ0n) is 10.1. The number of hydrogen-bond acceptors (Lipinski definition) is 3.